The molecule has 10 aromatic rings. The van der Waals surface area contributed by atoms with Gasteiger partial charge in [-0.1, -0.05) is 18.2 Å². The van der Waals surface area contributed by atoms with Crippen LogP contribution in [-0.4, -0.2) is 29.9 Å². The van der Waals surface area contributed by atoms with Crippen molar-refractivity contribution in [1.29, 1.82) is 0 Å². The van der Waals surface area contributed by atoms with Gasteiger partial charge in [-0.25, -0.2) is 0 Å². The molecule has 0 fully saturated rings. The minimum atomic E-state index is -0.292. The molecule has 6 aromatic heterocycles. The third-order valence-electron chi connectivity index (χ3n) is 9.79. The van der Waals surface area contributed by atoms with Gasteiger partial charge < -0.3 is 15.0 Å². The highest BCUT2D eigenvalue weighted by atomic mass is 16.1. The first-order valence-corrected chi connectivity index (χ1v) is 16.4. The molecule has 0 bridgehead atoms. The Hall–Kier alpha value is -7.26. The number of nitrogens with zero attached hydrogens (tertiary/aromatic N) is 3. The van der Waals surface area contributed by atoms with Crippen molar-refractivity contribution in [2.24, 2.45) is 0 Å². The normalized spacial score (nSPS) is 11.8. The van der Waals surface area contributed by atoms with Gasteiger partial charge in [0.2, 0.25) is 0 Å². The Balaban J connectivity index is 1.38. The van der Waals surface area contributed by atoms with E-state index in [0.717, 1.165) is 33.4 Å². The second kappa shape index (κ2) is 10.9. The predicted octanol–water partition coefficient (Wildman–Crippen LogP) is 7.86. The molecule has 0 unspecified atom stereocenters. The molecule has 10 rings (SSSR count). The molecule has 0 aliphatic carbocycles. The lowest BCUT2D eigenvalue weighted by Crippen LogP contribution is -2.15. The maximum absolute atomic E-state index is 14.6. The molecular weight excluding hydrogens is 637 g/mol. The molecule has 0 aliphatic rings. The van der Waals surface area contributed by atoms with E-state index in [1.807, 2.05) is 72.8 Å². The Kier molecular flexibility index (Phi) is 6.13. The zero-order valence-corrected chi connectivity index (χ0v) is 26.7. The quantitative estimate of drug-likeness (QED) is 0.130. The van der Waals surface area contributed by atoms with Gasteiger partial charge in [-0.2, -0.15) is 0 Å². The Morgan fingerprint density at radius 1 is 0.333 bits per heavy atom. The minimum Gasteiger partial charge on any atom is -0.354 e. The van der Waals surface area contributed by atoms with Crippen molar-refractivity contribution < 1.29 is 0 Å². The van der Waals surface area contributed by atoms with Crippen molar-refractivity contribution in [2.75, 3.05) is 0 Å². The van der Waals surface area contributed by atoms with E-state index in [-0.39, 0.29) is 32.4 Å². The second-order valence-electron chi connectivity index (χ2n) is 12.6. The molecule has 0 saturated heterocycles. The second-order valence-corrected chi connectivity index (χ2v) is 12.6. The van der Waals surface area contributed by atoms with E-state index in [2.05, 4.69) is 29.9 Å². The van der Waals surface area contributed by atoms with Gasteiger partial charge >= 0.3 is 0 Å². The Labute approximate surface area is 286 Å². The highest BCUT2D eigenvalue weighted by Gasteiger charge is 2.22. The number of rotatable bonds is 3. The van der Waals surface area contributed by atoms with Crippen LogP contribution in [-0.2, 0) is 0 Å². The van der Waals surface area contributed by atoms with Crippen LogP contribution in [0.4, 0.5) is 0 Å². The number of fused-ring (bicyclic) bond motifs is 9. The highest BCUT2D eigenvalue weighted by Crippen LogP contribution is 2.34. The molecule has 0 aliphatic heterocycles. The lowest BCUT2D eigenvalue weighted by atomic mass is 9.96. The summed E-state index contributed by atoms with van der Waals surface area (Å²) in [5, 5.41) is 2.04. The van der Waals surface area contributed by atoms with Crippen molar-refractivity contribution in [3.8, 4) is 33.4 Å². The standard InChI is InChI=1S/C42H24N6O3/c49-40-28-4-1-25(22-7-13-43-14-8-22)19-31(28)46-37-34(40)38-36(42(51)29-5-2-26(20-32(29)47-38)23-9-15-44-16-10-23)39-35(37)41(50)30-6-3-27(21-33(30)48-39)24-11-17-45-18-12-24/h1-21H,(H,46,49)(H,47,51)(H,48,50). The lowest BCUT2D eigenvalue weighted by molar-refractivity contribution is 1.33. The summed E-state index contributed by atoms with van der Waals surface area (Å²) in [7, 11) is 0. The molecule has 9 heteroatoms. The van der Waals surface area contributed by atoms with Crippen LogP contribution in [0, 0.1) is 0 Å². The van der Waals surface area contributed by atoms with Crippen molar-refractivity contribution in [2.45, 2.75) is 0 Å². The van der Waals surface area contributed by atoms with Gasteiger partial charge in [-0.15, -0.1) is 0 Å². The number of nitrogens with one attached hydrogen (secondary N) is 3. The van der Waals surface area contributed by atoms with Crippen LogP contribution < -0.4 is 16.3 Å². The maximum atomic E-state index is 14.6. The van der Waals surface area contributed by atoms with Crippen LogP contribution in [0.25, 0.3) is 98.8 Å². The summed E-state index contributed by atoms with van der Waals surface area (Å²) in [6.45, 7) is 0. The molecule has 6 heterocycles. The van der Waals surface area contributed by atoms with Crippen molar-refractivity contribution >= 4 is 65.4 Å². The van der Waals surface area contributed by atoms with E-state index in [4.69, 9.17) is 0 Å². The average molecular weight is 661 g/mol. The molecule has 0 radical (unpaired) electrons. The van der Waals surface area contributed by atoms with Gasteiger partial charge in [0.05, 0.1) is 49.3 Å². The third-order valence-corrected chi connectivity index (χ3v) is 9.79. The van der Waals surface area contributed by atoms with Gasteiger partial charge in [-0.05, 0) is 106 Å². The van der Waals surface area contributed by atoms with E-state index in [1.165, 1.54) is 0 Å². The SMILES string of the molecule is O=c1c2ccc(-c3ccncc3)cc2[nH]c2c1c1[nH]c3cc(-c4ccncc4)ccc3c(=O)c1c1[nH]c3cc(-c4ccncc4)ccc3c(=O)c21. The first-order valence-electron chi connectivity index (χ1n) is 16.4. The van der Waals surface area contributed by atoms with Crippen LogP contribution in [0.3, 0.4) is 0 Å². The maximum Gasteiger partial charge on any atom is 0.199 e. The summed E-state index contributed by atoms with van der Waals surface area (Å²) in [4.78, 5) is 66.7. The summed E-state index contributed by atoms with van der Waals surface area (Å²) in [6.07, 6.45) is 10.3. The van der Waals surface area contributed by atoms with Gasteiger partial charge in [0.1, 0.15) is 0 Å². The van der Waals surface area contributed by atoms with Crippen LogP contribution in [0.2, 0.25) is 0 Å². The fourth-order valence-electron chi connectivity index (χ4n) is 7.32. The third kappa shape index (κ3) is 4.35. The molecule has 0 amide bonds. The smallest absolute Gasteiger partial charge is 0.199 e. The van der Waals surface area contributed by atoms with Gasteiger partial charge in [0, 0.05) is 53.3 Å². The van der Waals surface area contributed by atoms with Crippen LogP contribution in [0.1, 0.15) is 0 Å². The summed E-state index contributed by atoms with van der Waals surface area (Å²) in [6, 6.07) is 28.1. The number of aromatic nitrogens is 6. The van der Waals surface area contributed by atoms with Gasteiger partial charge in [0.15, 0.2) is 16.3 Å². The molecule has 0 atom stereocenters. The first kappa shape index (κ1) is 28.7. The Morgan fingerprint density at radius 2 is 0.608 bits per heavy atom. The van der Waals surface area contributed by atoms with Crippen molar-refractivity contribution in [3.05, 3.63) is 159 Å². The summed E-state index contributed by atoms with van der Waals surface area (Å²) in [5.74, 6) is 0. The molecule has 240 valence electrons. The number of hydrogen-bond acceptors (Lipinski definition) is 6. The molecular formula is C42H24N6O3. The van der Waals surface area contributed by atoms with Crippen molar-refractivity contribution in [1.82, 2.24) is 29.9 Å². The van der Waals surface area contributed by atoms with E-state index in [0.29, 0.717) is 49.3 Å². The van der Waals surface area contributed by atoms with Crippen LogP contribution in [0.5, 0.6) is 0 Å². The summed E-state index contributed by atoms with van der Waals surface area (Å²) >= 11 is 0. The average Bonchev–Trinajstić information content (AvgIpc) is 3.18. The monoisotopic (exact) mass is 660 g/mol. The number of H-pyrrole nitrogens is 3. The van der Waals surface area contributed by atoms with Crippen LogP contribution >= 0.6 is 0 Å². The molecule has 0 spiro atoms. The fraction of sp³-hybridized carbons (Fsp3) is 0. The number of benzene rings is 4. The molecule has 4 aromatic carbocycles. The molecule has 3 N–H and O–H groups in total. The number of hydrogen-bond donors (Lipinski definition) is 3. The summed E-state index contributed by atoms with van der Waals surface area (Å²) < 4.78 is 0. The van der Waals surface area contributed by atoms with E-state index < -0.39 is 0 Å². The lowest BCUT2D eigenvalue weighted by Gasteiger charge is -2.14. The van der Waals surface area contributed by atoms with E-state index >= 15 is 0 Å². The largest absolute Gasteiger partial charge is 0.354 e. The minimum absolute atomic E-state index is 0.244. The Morgan fingerprint density at radius 3 is 0.882 bits per heavy atom. The topological polar surface area (TPSA) is 137 Å². The number of pyridine rings is 6. The summed E-state index contributed by atoms with van der Waals surface area (Å²) in [5.41, 5.74) is 7.34. The first-order chi connectivity index (χ1) is 25.0. The van der Waals surface area contributed by atoms with Gasteiger partial charge in [-0.3, -0.25) is 29.3 Å². The Bertz CT molecular complexity index is 2870. The zero-order valence-electron chi connectivity index (χ0n) is 26.7. The molecule has 0 saturated carbocycles. The zero-order chi connectivity index (χ0) is 34.2. The highest BCUT2D eigenvalue weighted by molar-refractivity contribution is 6.25. The molecule has 51 heavy (non-hydrogen) atoms. The predicted molar refractivity (Wildman–Crippen MR) is 203 cm³/mol. The van der Waals surface area contributed by atoms with Gasteiger partial charge in [0.25, 0.3) is 0 Å². The van der Waals surface area contributed by atoms with E-state index in [1.54, 1.807) is 55.4 Å². The fourth-order valence-corrected chi connectivity index (χ4v) is 7.32. The van der Waals surface area contributed by atoms with Crippen LogP contribution in [0.15, 0.2) is 143 Å². The van der Waals surface area contributed by atoms with E-state index in [9.17, 15) is 14.4 Å². The van der Waals surface area contributed by atoms with Crippen molar-refractivity contribution in [3.63, 3.8) is 0 Å². The molecule has 9 nitrogen and oxygen atoms in total. The number of aromatic amines is 3.